The molecule has 1 heterocycles. The Balaban J connectivity index is 1.83. The summed E-state index contributed by atoms with van der Waals surface area (Å²) >= 11 is 0. The number of sulfonamides is 1. The molecule has 2 unspecified atom stereocenters. The molecule has 0 aromatic carbocycles. The number of hydrogen-bond acceptors (Lipinski definition) is 3. The first-order chi connectivity index (χ1) is 10.0. The third-order valence-corrected chi connectivity index (χ3v) is 6.90. The summed E-state index contributed by atoms with van der Waals surface area (Å²) in [6.07, 6.45) is 8.80. The highest BCUT2D eigenvalue weighted by atomic mass is 32.2. The van der Waals surface area contributed by atoms with Crippen LogP contribution in [0.5, 0.6) is 0 Å². The molecule has 2 fully saturated rings. The smallest absolute Gasteiger partial charge is 0.214 e. The van der Waals surface area contributed by atoms with Crippen LogP contribution >= 0.6 is 0 Å². The fourth-order valence-corrected chi connectivity index (χ4v) is 5.74. The topological polar surface area (TPSA) is 49.4 Å². The van der Waals surface area contributed by atoms with Gasteiger partial charge in [-0.2, -0.15) is 4.31 Å². The summed E-state index contributed by atoms with van der Waals surface area (Å²) in [4.78, 5) is 0. The minimum atomic E-state index is -3.05. The van der Waals surface area contributed by atoms with Crippen molar-refractivity contribution in [2.45, 2.75) is 77.3 Å². The Labute approximate surface area is 130 Å². The van der Waals surface area contributed by atoms with Gasteiger partial charge in [0.1, 0.15) is 0 Å². The summed E-state index contributed by atoms with van der Waals surface area (Å²) < 4.78 is 27.2. The van der Waals surface area contributed by atoms with E-state index in [1.807, 2.05) is 4.31 Å². The predicted octanol–water partition coefficient (Wildman–Crippen LogP) is 2.75. The van der Waals surface area contributed by atoms with E-state index in [1.54, 1.807) is 0 Å². The van der Waals surface area contributed by atoms with Gasteiger partial charge in [-0.15, -0.1) is 0 Å². The molecule has 0 radical (unpaired) electrons. The molecule has 1 saturated heterocycles. The zero-order valence-electron chi connectivity index (χ0n) is 13.7. The summed E-state index contributed by atoms with van der Waals surface area (Å²) in [5.74, 6) is 0.959. The van der Waals surface area contributed by atoms with Gasteiger partial charge in [0.2, 0.25) is 10.0 Å². The van der Waals surface area contributed by atoms with Gasteiger partial charge in [-0.3, -0.25) is 0 Å². The molecule has 0 spiro atoms. The van der Waals surface area contributed by atoms with Gasteiger partial charge < -0.3 is 5.32 Å². The fourth-order valence-electron chi connectivity index (χ4n) is 3.84. The summed E-state index contributed by atoms with van der Waals surface area (Å²) in [6.45, 7) is 5.91. The van der Waals surface area contributed by atoms with E-state index in [2.05, 4.69) is 19.2 Å². The summed E-state index contributed by atoms with van der Waals surface area (Å²) in [6, 6.07) is 0.790. The van der Waals surface area contributed by atoms with E-state index in [-0.39, 0.29) is 0 Å². The molecule has 0 aromatic heterocycles. The van der Waals surface area contributed by atoms with Crippen LogP contribution in [-0.2, 0) is 10.0 Å². The molecule has 124 valence electrons. The number of piperidine rings is 1. The second-order valence-electron chi connectivity index (χ2n) is 7.00. The van der Waals surface area contributed by atoms with Crippen molar-refractivity contribution >= 4 is 10.0 Å². The van der Waals surface area contributed by atoms with Gasteiger partial charge in [-0.1, -0.05) is 26.7 Å². The highest BCUT2D eigenvalue weighted by molar-refractivity contribution is 7.89. The van der Waals surface area contributed by atoms with Gasteiger partial charge in [-0.05, 0) is 51.0 Å². The van der Waals surface area contributed by atoms with E-state index in [0.717, 1.165) is 38.8 Å². The van der Waals surface area contributed by atoms with Crippen molar-refractivity contribution in [3.8, 4) is 0 Å². The maximum atomic E-state index is 12.6. The number of fused-ring (bicyclic) bond motifs is 1. The van der Waals surface area contributed by atoms with Crippen molar-refractivity contribution in [1.29, 1.82) is 0 Å². The second kappa shape index (κ2) is 7.93. The van der Waals surface area contributed by atoms with E-state index < -0.39 is 10.0 Å². The summed E-state index contributed by atoms with van der Waals surface area (Å²) in [5.41, 5.74) is 0. The Morgan fingerprint density at radius 3 is 2.57 bits per heavy atom. The summed E-state index contributed by atoms with van der Waals surface area (Å²) in [5, 5.41) is 3.35. The molecule has 1 saturated carbocycles. The van der Waals surface area contributed by atoms with Crippen LogP contribution in [0.3, 0.4) is 0 Å². The average molecular weight is 317 g/mol. The summed E-state index contributed by atoms with van der Waals surface area (Å²) in [7, 11) is -3.05. The highest BCUT2D eigenvalue weighted by Crippen LogP contribution is 2.36. The minimum absolute atomic E-state index is 0.311. The fraction of sp³-hybridized carbons (Fsp3) is 1.00. The van der Waals surface area contributed by atoms with Gasteiger partial charge >= 0.3 is 0 Å². The Kier molecular flexibility index (Phi) is 6.51. The predicted molar refractivity (Wildman–Crippen MR) is 87.8 cm³/mol. The lowest BCUT2D eigenvalue weighted by molar-refractivity contribution is 0.129. The maximum absolute atomic E-state index is 12.6. The van der Waals surface area contributed by atoms with Crippen molar-refractivity contribution in [3.05, 3.63) is 0 Å². The molecule has 21 heavy (non-hydrogen) atoms. The molecule has 5 heteroatoms. The average Bonchev–Trinajstić information content (AvgIpc) is 2.46. The Morgan fingerprint density at radius 2 is 1.81 bits per heavy atom. The first-order valence-electron chi connectivity index (χ1n) is 8.73. The SMILES string of the molecule is CC(C)NCCCCS(=O)(=O)N1CCCC2CCCCC21. The molecule has 0 bridgehead atoms. The Morgan fingerprint density at radius 1 is 1.10 bits per heavy atom. The molecule has 2 rings (SSSR count). The Bertz CT molecular complexity index is 407. The number of nitrogens with one attached hydrogen (secondary N) is 1. The molecule has 0 amide bonds. The van der Waals surface area contributed by atoms with Crippen LogP contribution in [0, 0.1) is 5.92 Å². The van der Waals surface area contributed by atoms with E-state index in [9.17, 15) is 8.42 Å². The van der Waals surface area contributed by atoms with Crippen molar-refractivity contribution in [2.75, 3.05) is 18.8 Å². The largest absolute Gasteiger partial charge is 0.315 e. The number of rotatable bonds is 7. The zero-order chi connectivity index (χ0) is 15.3. The van der Waals surface area contributed by atoms with Gasteiger partial charge in [0.05, 0.1) is 5.75 Å². The van der Waals surface area contributed by atoms with Gasteiger partial charge in [0, 0.05) is 18.6 Å². The lowest BCUT2D eigenvalue weighted by Crippen LogP contribution is -2.50. The normalized spacial score (nSPS) is 27.8. The first kappa shape index (κ1) is 17.2. The van der Waals surface area contributed by atoms with Crippen LogP contribution in [-0.4, -0.2) is 43.6 Å². The number of hydrogen-bond donors (Lipinski definition) is 1. The van der Waals surface area contributed by atoms with Crippen LogP contribution in [0.15, 0.2) is 0 Å². The lowest BCUT2D eigenvalue weighted by Gasteiger charge is -2.43. The van der Waals surface area contributed by atoms with Crippen molar-refractivity contribution in [2.24, 2.45) is 5.92 Å². The first-order valence-corrected chi connectivity index (χ1v) is 10.3. The Hall–Kier alpha value is -0.130. The van der Waals surface area contributed by atoms with Crippen LogP contribution in [0.4, 0.5) is 0 Å². The van der Waals surface area contributed by atoms with Crippen LogP contribution in [0.2, 0.25) is 0 Å². The lowest BCUT2D eigenvalue weighted by atomic mass is 9.79. The molecule has 1 N–H and O–H groups in total. The molecule has 0 aromatic rings. The van der Waals surface area contributed by atoms with Crippen molar-refractivity contribution in [3.63, 3.8) is 0 Å². The van der Waals surface area contributed by atoms with E-state index in [1.165, 1.54) is 25.7 Å². The van der Waals surface area contributed by atoms with E-state index in [4.69, 9.17) is 0 Å². The standard InChI is InChI=1S/C16H32N2O2S/c1-14(2)17-11-5-6-13-21(19,20)18-12-7-9-15-8-3-4-10-16(15)18/h14-17H,3-13H2,1-2H3. The highest BCUT2D eigenvalue weighted by Gasteiger charge is 2.38. The van der Waals surface area contributed by atoms with Gasteiger partial charge in [-0.25, -0.2) is 8.42 Å². The number of unbranched alkanes of at least 4 members (excludes halogenated alkanes) is 1. The molecule has 1 aliphatic heterocycles. The monoisotopic (exact) mass is 316 g/mol. The zero-order valence-corrected chi connectivity index (χ0v) is 14.5. The molecular weight excluding hydrogens is 284 g/mol. The van der Waals surface area contributed by atoms with Crippen molar-refractivity contribution < 1.29 is 8.42 Å². The maximum Gasteiger partial charge on any atom is 0.214 e. The van der Waals surface area contributed by atoms with Crippen molar-refractivity contribution in [1.82, 2.24) is 9.62 Å². The van der Waals surface area contributed by atoms with Crippen LogP contribution in [0.1, 0.15) is 65.2 Å². The minimum Gasteiger partial charge on any atom is -0.315 e. The molecule has 1 aliphatic carbocycles. The molecular formula is C16H32N2O2S. The third-order valence-electron chi connectivity index (χ3n) is 4.93. The third kappa shape index (κ3) is 4.93. The van der Waals surface area contributed by atoms with Gasteiger partial charge in [0.25, 0.3) is 0 Å². The molecule has 2 atom stereocenters. The van der Waals surface area contributed by atoms with Crippen LogP contribution in [0.25, 0.3) is 0 Å². The molecule has 2 aliphatic rings. The van der Waals surface area contributed by atoms with E-state index >= 15 is 0 Å². The quantitative estimate of drug-likeness (QED) is 0.735. The van der Waals surface area contributed by atoms with Crippen LogP contribution < -0.4 is 5.32 Å². The van der Waals surface area contributed by atoms with E-state index in [0.29, 0.717) is 23.8 Å². The molecule has 4 nitrogen and oxygen atoms in total. The second-order valence-corrected chi connectivity index (χ2v) is 9.04. The van der Waals surface area contributed by atoms with Gasteiger partial charge in [0.15, 0.2) is 0 Å². The number of nitrogens with zero attached hydrogens (tertiary/aromatic N) is 1.